The predicted molar refractivity (Wildman–Crippen MR) is 137 cm³/mol. The number of methoxy groups -OCH3 is 1. The maximum absolute atomic E-state index is 13.4. The molecule has 1 heterocycles. The molecular formula is C24H20IN3O3S. The topological polar surface area (TPSA) is 73.2 Å². The van der Waals surface area contributed by atoms with Gasteiger partial charge >= 0.3 is 0 Å². The monoisotopic (exact) mass is 557 g/mol. The van der Waals surface area contributed by atoms with Crippen molar-refractivity contribution in [2.45, 2.75) is 12.1 Å². The molecule has 0 saturated carbocycles. The summed E-state index contributed by atoms with van der Waals surface area (Å²) in [5.41, 5.74) is 2.83. The molecule has 0 saturated heterocycles. The van der Waals surface area contributed by atoms with E-state index in [1.54, 1.807) is 13.2 Å². The summed E-state index contributed by atoms with van der Waals surface area (Å²) in [6.45, 7) is 1.97. The molecule has 0 fully saturated rings. The van der Waals surface area contributed by atoms with Gasteiger partial charge in [0.05, 0.1) is 29.5 Å². The van der Waals surface area contributed by atoms with Crippen LogP contribution in [-0.4, -0.2) is 28.3 Å². The quantitative estimate of drug-likeness (QED) is 0.205. The van der Waals surface area contributed by atoms with E-state index in [1.165, 1.54) is 16.3 Å². The van der Waals surface area contributed by atoms with Crippen LogP contribution < -0.4 is 15.6 Å². The van der Waals surface area contributed by atoms with Crippen LogP contribution in [0.5, 0.6) is 5.75 Å². The first-order valence-corrected chi connectivity index (χ1v) is 11.9. The molecule has 0 aliphatic carbocycles. The van der Waals surface area contributed by atoms with Gasteiger partial charge in [0.2, 0.25) is 5.91 Å². The second-order valence-corrected chi connectivity index (χ2v) is 9.29. The molecule has 0 spiro atoms. The molecule has 4 aromatic rings. The average Bonchev–Trinajstić information content (AvgIpc) is 2.78. The van der Waals surface area contributed by atoms with E-state index in [0.717, 1.165) is 14.8 Å². The molecule has 0 unspecified atom stereocenters. The Morgan fingerprint density at radius 2 is 1.94 bits per heavy atom. The number of aromatic nitrogens is 2. The molecule has 0 aliphatic heterocycles. The van der Waals surface area contributed by atoms with Gasteiger partial charge in [-0.25, -0.2) is 4.98 Å². The van der Waals surface area contributed by atoms with Gasteiger partial charge in [0.1, 0.15) is 5.75 Å². The van der Waals surface area contributed by atoms with E-state index in [1.807, 2.05) is 67.6 Å². The van der Waals surface area contributed by atoms with E-state index >= 15 is 0 Å². The van der Waals surface area contributed by atoms with Crippen LogP contribution in [0.3, 0.4) is 0 Å². The summed E-state index contributed by atoms with van der Waals surface area (Å²) >= 11 is 3.39. The second kappa shape index (κ2) is 9.74. The van der Waals surface area contributed by atoms with Crippen molar-refractivity contribution in [1.82, 2.24) is 9.55 Å². The van der Waals surface area contributed by atoms with Crippen LogP contribution in [0.2, 0.25) is 0 Å². The number of hydrogen-bond acceptors (Lipinski definition) is 5. The Labute approximate surface area is 203 Å². The molecular weight excluding hydrogens is 537 g/mol. The van der Waals surface area contributed by atoms with E-state index in [0.29, 0.717) is 27.5 Å². The third-order valence-electron chi connectivity index (χ3n) is 4.75. The molecule has 3 aromatic carbocycles. The van der Waals surface area contributed by atoms with Gasteiger partial charge in [-0.05, 0) is 77.5 Å². The summed E-state index contributed by atoms with van der Waals surface area (Å²) in [7, 11) is 1.58. The number of benzene rings is 3. The van der Waals surface area contributed by atoms with Gasteiger partial charge in [0.15, 0.2) is 5.16 Å². The fourth-order valence-electron chi connectivity index (χ4n) is 3.26. The van der Waals surface area contributed by atoms with Gasteiger partial charge in [-0.3, -0.25) is 14.2 Å². The van der Waals surface area contributed by atoms with Crippen LogP contribution >= 0.6 is 34.4 Å². The summed E-state index contributed by atoms with van der Waals surface area (Å²) in [6.07, 6.45) is 0. The van der Waals surface area contributed by atoms with Gasteiger partial charge in [-0.2, -0.15) is 0 Å². The second-order valence-electron chi connectivity index (χ2n) is 7.10. The fourth-order valence-corrected chi connectivity index (χ4v) is 4.57. The minimum absolute atomic E-state index is 0.111. The molecule has 162 valence electrons. The van der Waals surface area contributed by atoms with Gasteiger partial charge < -0.3 is 10.1 Å². The van der Waals surface area contributed by atoms with Crippen molar-refractivity contribution in [2.24, 2.45) is 0 Å². The van der Waals surface area contributed by atoms with Gasteiger partial charge in [0, 0.05) is 15.3 Å². The predicted octanol–water partition coefficient (Wildman–Crippen LogP) is 5.04. The van der Waals surface area contributed by atoms with Gasteiger partial charge in [0.25, 0.3) is 5.56 Å². The van der Waals surface area contributed by atoms with Crippen molar-refractivity contribution in [2.75, 3.05) is 18.2 Å². The summed E-state index contributed by atoms with van der Waals surface area (Å²) in [5.74, 6) is 0.570. The molecule has 1 N–H and O–H groups in total. The Morgan fingerprint density at radius 3 is 2.72 bits per heavy atom. The van der Waals surface area contributed by atoms with Crippen LogP contribution in [0.25, 0.3) is 16.6 Å². The highest BCUT2D eigenvalue weighted by Gasteiger charge is 2.16. The van der Waals surface area contributed by atoms with Crippen molar-refractivity contribution in [3.8, 4) is 11.4 Å². The highest BCUT2D eigenvalue weighted by molar-refractivity contribution is 14.1. The number of nitrogens with zero attached hydrogens (tertiary/aromatic N) is 2. The highest BCUT2D eigenvalue weighted by atomic mass is 127. The number of nitrogens with one attached hydrogen (secondary N) is 1. The molecule has 0 aliphatic rings. The van der Waals surface area contributed by atoms with Crippen molar-refractivity contribution in [3.05, 3.63) is 86.2 Å². The summed E-state index contributed by atoms with van der Waals surface area (Å²) < 4.78 is 7.81. The number of thioether (sulfide) groups is 1. The molecule has 1 amide bonds. The van der Waals surface area contributed by atoms with Crippen LogP contribution in [0.1, 0.15) is 5.56 Å². The number of halogens is 1. The zero-order valence-electron chi connectivity index (χ0n) is 17.5. The number of amides is 1. The number of anilines is 1. The first kappa shape index (κ1) is 22.3. The Balaban J connectivity index is 1.71. The number of carbonyl (C=O) groups is 1. The number of fused-ring (bicyclic) bond motifs is 1. The van der Waals surface area contributed by atoms with Crippen molar-refractivity contribution < 1.29 is 9.53 Å². The van der Waals surface area contributed by atoms with Crippen molar-refractivity contribution >= 4 is 56.9 Å². The van der Waals surface area contributed by atoms with Gasteiger partial charge in [-0.15, -0.1) is 0 Å². The van der Waals surface area contributed by atoms with Gasteiger partial charge in [-0.1, -0.05) is 30.0 Å². The van der Waals surface area contributed by atoms with Crippen molar-refractivity contribution in [3.63, 3.8) is 0 Å². The third kappa shape index (κ3) is 4.97. The largest absolute Gasteiger partial charge is 0.497 e. The number of aryl methyl sites for hydroxylation is 1. The lowest BCUT2D eigenvalue weighted by molar-refractivity contribution is -0.113. The third-order valence-corrected chi connectivity index (χ3v) is 6.35. The Morgan fingerprint density at radius 1 is 1.12 bits per heavy atom. The molecule has 0 atom stereocenters. The zero-order chi connectivity index (χ0) is 22.7. The van der Waals surface area contributed by atoms with Crippen molar-refractivity contribution in [1.29, 1.82) is 0 Å². The summed E-state index contributed by atoms with van der Waals surface area (Å²) in [4.78, 5) is 30.7. The first-order chi connectivity index (χ1) is 15.4. The molecule has 8 heteroatoms. The van der Waals surface area contributed by atoms with Crippen LogP contribution in [0.4, 0.5) is 5.69 Å². The minimum atomic E-state index is -0.191. The number of carbonyl (C=O) groups excluding carboxylic acids is 1. The standard InChI is InChI=1S/C24H20IN3O3S/c1-15-5-3-6-17(11-15)26-22(29)14-32-24-27-21-10-9-16(25)12-20(21)23(30)28(24)18-7-4-8-19(13-18)31-2/h3-13H,14H2,1-2H3,(H,26,29). The van der Waals surface area contributed by atoms with E-state index in [-0.39, 0.29) is 17.2 Å². The normalized spacial score (nSPS) is 10.8. The van der Waals surface area contributed by atoms with Crippen LogP contribution in [0, 0.1) is 10.5 Å². The SMILES string of the molecule is COc1cccc(-n2c(SCC(=O)Nc3cccc(C)c3)nc3ccc(I)cc3c2=O)c1. The maximum Gasteiger partial charge on any atom is 0.266 e. The van der Waals surface area contributed by atoms with E-state index in [9.17, 15) is 9.59 Å². The number of ether oxygens (including phenoxy) is 1. The van der Waals surface area contributed by atoms with Crippen LogP contribution in [-0.2, 0) is 4.79 Å². The van der Waals surface area contributed by atoms with Crippen LogP contribution in [0.15, 0.2) is 76.7 Å². The summed E-state index contributed by atoms with van der Waals surface area (Å²) in [5, 5.41) is 3.86. The maximum atomic E-state index is 13.4. The Bertz CT molecular complexity index is 1370. The molecule has 6 nitrogen and oxygen atoms in total. The minimum Gasteiger partial charge on any atom is -0.497 e. The molecule has 0 radical (unpaired) electrons. The Hall–Kier alpha value is -2.85. The molecule has 0 bridgehead atoms. The highest BCUT2D eigenvalue weighted by Crippen LogP contribution is 2.24. The van der Waals surface area contributed by atoms with E-state index in [2.05, 4.69) is 27.9 Å². The number of hydrogen-bond donors (Lipinski definition) is 1. The van der Waals surface area contributed by atoms with E-state index in [4.69, 9.17) is 9.72 Å². The lowest BCUT2D eigenvalue weighted by Crippen LogP contribution is -2.23. The smallest absolute Gasteiger partial charge is 0.266 e. The molecule has 1 aromatic heterocycles. The number of rotatable bonds is 6. The summed E-state index contributed by atoms with van der Waals surface area (Å²) in [6, 6.07) is 20.4. The van der Waals surface area contributed by atoms with E-state index < -0.39 is 0 Å². The Kier molecular flexibility index (Phi) is 6.80. The lowest BCUT2D eigenvalue weighted by Gasteiger charge is -2.14. The molecule has 32 heavy (non-hydrogen) atoms. The molecule has 4 rings (SSSR count). The first-order valence-electron chi connectivity index (χ1n) is 9.80. The average molecular weight is 557 g/mol. The fraction of sp³-hybridized carbons (Fsp3) is 0.125. The zero-order valence-corrected chi connectivity index (χ0v) is 20.4. The lowest BCUT2D eigenvalue weighted by atomic mass is 10.2.